The first-order chi connectivity index (χ1) is 8.93. The van der Waals surface area contributed by atoms with Crippen molar-refractivity contribution in [1.29, 1.82) is 0 Å². The van der Waals surface area contributed by atoms with Gasteiger partial charge in [-0.05, 0) is 12.3 Å². The van der Waals surface area contributed by atoms with Crippen molar-refractivity contribution < 1.29 is 19.1 Å². The van der Waals surface area contributed by atoms with Gasteiger partial charge >= 0.3 is 6.03 Å². The number of urea groups is 1. The third kappa shape index (κ3) is 3.32. The van der Waals surface area contributed by atoms with E-state index in [0.717, 1.165) is 11.3 Å². The molecule has 0 spiro atoms. The van der Waals surface area contributed by atoms with E-state index < -0.39 is 23.8 Å². The van der Waals surface area contributed by atoms with E-state index in [1.165, 1.54) is 7.11 Å². The maximum Gasteiger partial charge on any atom is 0.331 e. The number of methoxy groups -OCH3 is 1. The first kappa shape index (κ1) is 15.6. The van der Waals surface area contributed by atoms with Gasteiger partial charge in [0.05, 0.1) is 12.6 Å². The third-order valence-electron chi connectivity index (χ3n) is 3.25. The van der Waals surface area contributed by atoms with Gasteiger partial charge in [-0.2, -0.15) is 0 Å². The van der Waals surface area contributed by atoms with Gasteiger partial charge in [-0.3, -0.25) is 19.8 Å². The van der Waals surface area contributed by atoms with Crippen LogP contribution in [0.1, 0.15) is 33.6 Å². The summed E-state index contributed by atoms with van der Waals surface area (Å²) in [5.41, 5.74) is 0. The molecule has 0 aromatic rings. The molecular formula is C13H22N2O4. The van der Waals surface area contributed by atoms with Crippen LogP contribution in [0.3, 0.4) is 0 Å². The predicted octanol–water partition coefficient (Wildman–Crippen LogP) is 1.15. The Labute approximate surface area is 113 Å². The van der Waals surface area contributed by atoms with E-state index in [-0.39, 0.29) is 18.6 Å². The summed E-state index contributed by atoms with van der Waals surface area (Å²) in [4.78, 5) is 37.1. The molecule has 1 rings (SSSR count). The van der Waals surface area contributed by atoms with Crippen LogP contribution in [0.25, 0.3) is 0 Å². The number of imide groups is 2. The van der Waals surface area contributed by atoms with E-state index in [0.29, 0.717) is 6.42 Å². The normalized spacial score (nSPS) is 21.8. The second-order valence-electron chi connectivity index (χ2n) is 5.12. The highest BCUT2D eigenvalue weighted by molar-refractivity contribution is 6.16. The van der Waals surface area contributed by atoms with Gasteiger partial charge in [0, 0.05) is 7.11 Å². The highest BCUT2D eigenvalue weighted by Crippen LogP contribution is 2.22. The molecule has 108 valence electrons. The lowest BCUT2D eigenvalue weighted by Gasteiger charge is -2.36. The summed E-state index contributed by atoms with van der Waals surface area (Å²) in [6, 6.07) is -0.959. The zero-order valence-electron chi connectivity index (χ0n) is 11.9. The Morgan fingerprint density at radius 2 is 1.95 bits per heavy atom. The molecule has 1 heterocycles. The third-order valence-corrected chi connectivity index (χ3v) is 3.25. The van der Waals surface area contributed by atoms with E-state index in [2.05, 4.69) is 5.32 Å². The van der Waals surface area contributed by atoms with Gasteiger partial charge in [-0.25, -0.2) is 4.79 Å². The van der Waals surface area contributed by atoms with Crippen LogP contribution >= 0.6 is 0 Å². The van der Waals surface area contributed by atoms with Crippen LogP contribution in [0.15, 0.2) is 0 Å². The Kier molecular flexibility index (Phi) is 5.47. The first-order valence-corrected chi connectivity index (χ1v) is 6.60. The average molecular weight is 270 g/mol. The molecule has 6 heteroatoms. The number of amides is 4. The molecule has 1 saturated heterocycles. The summed E-state index contributed by atoms with van der Waals surface area (Å²) >= 11 is 0. The number of barbiturate groups is 1. The number of ether oxygens (including phenoxy) is 1. The SMILES string of the molecule is CCCC(COC)N1C(=O)NC(=O)C(C(C)C)C1=O. The molecule has 0 bridgehead atoms. The van der Waals surface area contributed by atoms with Crippen LogP contribution in [-0.4, -0.2) is 42.5 Å². The molecule has 0 aromatic heterocycles. The quantitative estimate of drug-likeness (QED) is 0.735. The van der Waals surface area contributed by atoms with Crippen molar-refractivity contribution in [2.24, 2.45) is 11.8 Å². The molecule has 1 fully saturated rings. The summed E-state index contributed by atoms with van der Waals surface area (Å²) in [5.74, 6) is -1.87. The van der Waals surface area contributed by atoms with Crippen molar-refractivity contribution in [3.8, 4) is 0 Å². The Bertz CT molecular complexity index is 362. The fraction of sp³-hybridized carbons (Fsp3) is 0.769. The Morgan fingerprint density at radius 1 is 1.32 bits per heavy atom. The second-order valence-corrected chi connectivity index (χ2v) is 5.12. The summed E-state index contributed by atoms with van der Waals surface area (Å²) in [6.07, 6.45) is 1.48. The predicted molar refractivity (Wildman–Crippen MR) is 69.3 cm³/mol. The maximum absolute atomic E-state index is 12.4. The Hall–Kier alpha value is -1.43. The van der Waals surface area contributed by atoms with Crippen molar-refractivity contribution in [3.05, 3.63) is 0 Å². The molecule has 0 saturated carbocycles. The lowest BCUT2D eigenvalue weighted by atomic mass is 9.91. The van der Waals surface area contributed by atoms with Gasteiger partial charge in [-0.15, -0.1) is 0 Å². The lowest BCUT2D eigenvalue weighted by Crippen LogP contribution is -2.62. The van der Waals surface area contributed by atoms with Gasteiger partial charge in [0.15, 0.2) is 0 Å². The molecular weight excluding hydrogens is 248 g/mol. The van der Waals surface area contributed by atoms with Crippen LogP contribution in [0.5, 0.6) is 0 Å². The van der Waals surface area contributed by atoms with E-state index >= 15 is 0 Å². The number of carbonyl (C=O) groups excluding carboxylic acids is 3. The Balaban J connectivity index is 2.99. The minimum absolute atomic E-state index is 0.145. The van der Waals surface area contributed by atoms with Gasteiger partial charge < -0.3 is 4.74 Å². The minimum Gasteiger partial charge on any atom is -0.383 e. The molecule has 1 aliphatic rings. The molecule has 19 heavy (non-hydrogen) atoms. The Morgan fingerprint density at radius 3 is 2.42 bits per heavy atom. The van der Waals surface area contributed by atoms with Crippen molar-refractivity contribution in [3.63, 3.8) is 0 Å². The summed E-state index contributed by atoms with van der Waals surface area (Å²) in [5, 5.41) is 2.26. The highest BCUT2D eigenvalue weighted by Gasteiger charge is 2.44. The summed E-state index contributed by atoms with van der Waals surface area (Å²) in [6.45, 7) is 5.84. The number of carbonyl (C=O) groups is 3. The van der Waals surface area contributed by atoms with Gasteiger partial charge in [0.2, 0.25) is 11.8 Å². The molecule has 6 nitrogen and oxygen atoms in total. The fourth-order valence-electron chi connectivity index (χ4n) is 2.35. The molecule has 2 atom stereocenters. The van der Waals surface area contributed by atoms with E-state index in [9.17, 15) is 14.4 Å². The molecule has 1 N–H and O–H groups in total. The second kappa shape index (κ2) is 6.65. The molecule has 0 aliphatic carbocycles. The maximum atomic E-state index is 12.4. The van der Waals surface area contributed by atoms with Crippen molar-refractivity contribution in [2.45, 2.75) is 39.7 Å². The molecule has 0 aromatic carbocycles. The smallest absolute Gasteiger partial charge is 0.331 e. The zero-order valence-corrected chi connectivity index (χ0v) is 11.9. The number of hydrogen-bond donors (Lipinski definition) is 1. The van der Waals surface area contributed by atoms with Crippen molar-refractivity contribution >= 4 is 17.8 Å². The number of hydrogen-bond acceptors (Lipinski definition) is 4. The molecule has 4 amide bonds. The van der Waals surface area contributed by atoms with Crippen molar-refractivity contribution in [2.75, 3.05) is 13.7 Å². The largest absolute Gasteiger partial charge is 0.383 e. The van der Waals surface area contributed by atoms with Crippen molar-refractivity contribution in [1.82, 2.24) is 10.2 Å². The molecule has 1 aliphatic heterocycles. The standard InChI is InChI=1S/C13H22N2O4/c1-5-6-9(7-19-4)15-12(17)10(8(2)3)11(16)14-13(15)18/h8-10H,5-7H2,1-4H3,(H,14,16,18). The topological polar surface area (TPSA) is 75.7 Å². The number of rotatable bonds is 6. The van der Waals surface area contributed by atoms with Crippen LogP contribution in [0.4, 0.5) is 4.79 Å². The fourth-order valence-corrected chi connectivity index (χ4v) is 2.35. The van der Waals surface area contributed by atoms with E-state index in [1.54, 1.807) is 13.8 Å². The zero-order chi connectivity index (χ0) is 14.6. The van der Waals surface area contributed by atoms with Gasteiger partial charge in [0.1, 0.15) is 5.92 Å². The number of nitrogens with zero attached hydrogens (tertiary/aromatic N) is 1. The molecule has 0 radical (unpaired) electrons. The van der Waals surface area contributed by atoms with Crippen LogP contribution in [0.2, 0.25) is 0 Å². The number of nitrogens with one attached hydrogen (secondary N) is 1. The van der Waals surface area contributed by atoms with Gasteiger partial charge in [-0.1, -0.05) is 27.2 Å². The van der Waals surface area contributed by atoms with Crippen LogP contribution in [0, 0.1) is 11.8 Å². The lowest BCUT2D eigenvalue weighted by molar-refractivity contribution is -0.146. The first-order valence-electron chi connectivity index (χ1n) is 6.60. The monoisotopic (exact) mass is 270 g/mol. The van der Waals surface area contributed by atoms with Gasteiger partial charge in [0.25, 0.3) is 0 Å². The summed E-state index contributed by atoms with van der Waals surface area (Å²) < 4.78 is 5.07. The minimum atomic E-state index is -0.797. The summed E-state index contributed by atoms with van der Waals surface area (Å²) in [7, 11) is 1.53. The average Bonchev–Trinajstić information content (AvgIpc) is 2.27. The highest BCUT2D eigenvalue weighted by atomic mass is 16.5. The van der Waals surface area contributed by atoms with Crippen LogP contribution in [-0.2, 0) is 14.3 Å². The molecule has 2 unspecified atom stereocenters. The van der Waals surface area contributed by atoms with Crippen LogP contribution < -0.4 is 5.32 Å². The van der Waals surface area contributed by atoms with E-state index in [4.69, 9.17) is 4.74 Å². The van der Waals surface area contributed by atoms with E-state index in [1.807, 2.05) is 6.92 Å².